The van der Waals surface area contributed by atoms with E-state index in [1.165, 1.54) is 12.8 Å². The Balaban J connectivity index is 1.97. The van der Waals surface area contributed by atoms with Crippen molar-refractivity contribution in [2.45, 2.75) is 24.5 Å². The maximum Gasteiger partial charge on any atom is 0.251 e. The number of aryl methyl sites for hydroxylation is 1. The van der Waals surface area contributed by atoms with Crippen molar-refractivity contribution in [3.63, 3.8) is 0 Å². The molecular formula is C13H16BrNOS. The summed E-state index contributed by atoms with van der Waals surface area (Å²) in [4.78, 5) is 12.0. The number of nitrogens with one attached hydrogen (secondary N) is 1. The molecule has 1 aliphatic rings. The van der Waals surface area contributed by atoms with Crippen LogP contribution in [-0.4, -0.2) is 23.5 Å². The molecule has 1 aliphatic carbocycles. The molecule has 0 saturated heterocycles. The highest BCUT2D eigenvalue weighted by Gasteiger charge is 2.41. The lowest BCUT2D eigenvalue weighted by molar-refractivity contribution is 0.0953. The lowest BCUT2D eigenvalue weighted by Crippen LogP contribution is -2.31. The third-order valence-electron chi connectivity index (χ3n) is 3.23. The molecule has 0 unspecified atom stereocenters. The van der Waals surface area contributed by atoms with Gasteiger partial charge in [0.05, 0.1) is 0 Å². The standard InChI is InChI=1S/C13H16BrNOS/c1-9-7-10(3-4-11(9)14)12(16)15-8-13(17-2)5-6-13/h3-4,7H,5-6,8H2,1-2H3,(H,15,16). The Morgan fingerprint density at radius 3 is 2.76 bits per heavy atom. The lowest BCUT2D eigenvalue weighted by Gasteiger charge is -2.13. The zero-order valence-corrected chi connectivity index (χ0v) is 12.5. The average Bonchev–Trinajstić information content (AvgIpc) is 3.10. The zero-order chi connectivity index (χ0) is 12.5. The number of rotatable bonds is 4. The van der Waals surface area contributed by atoms with Crippen molar-refractivity contribution in [3.05, 3.63) is 33.8 Å². The predicted molar refractivity (Wildman–Crippen MR) is 76.7 cm³/mol. The Morgan fingerprint density at radius 1 is 1.53 bits per heavy atom. The molecule has 1 fully saturated rings. The van der Waals surface area contributed by atoms with Gasteiger partial charge in [0.15, 0.2) is 0 Å². The van der Waals surface area contributed by atoms with Gasteiger partial charge in [0.1, 0.15) is 0 Å². The summed E-state index contributed by atoms with van der Waals surface area (Å²) in [5, 5.41) is 3.02. The summed E-state index contributed by atoms with van der Waals surface area (Å²) in [6.45, 7) is 2.77. The Labute approximate surface area is 115 Å². The monoisotopic (exact) mass is 313 g/mol. The minimum atomic E-state index is 0.0286. The molecular weight excluding hydrogens is 298 g/mol. The van der Waals surface area contributed by atoms with E-state index in [1.54, 1.807) is 0 Å². The van der Waals surface area contributed by atoms with Gasteiger partial charge in [-0.05, 0) is 49.8 Å². The molecule has 1 aromatic carbocycles. The molecule has 4 heteroatoms. The predicted octanol–water partition coefficient (Wildman–Crippen LogP) is 3.38. The molecule has 1 N–H and O–H groups in total. The van der Waals surface area contributed by atoms with E-state index in [1.807, 2.05) is 36.9 Å². The van der Waals surface area contributed by atoms with E-state index >= 15 is 0 Å². The topological polar surface area (TPSA) is 29.1 Å². The fourth-order valence-electron chi connectivity index (χ4n) is 1.72. The Bertz CT molecular complexity index is 443. The van der Waals surface area contributed by atoms with Crippen LogP contribution >= 0.6 is 27.7 Å². The molecule has 0 radical (unpaired) electrons. The van der Waals surface area contributed by atoms with Gasteiger partial charge in [-0.2, -0.15) is 11.8 Å². The van der Waals surface area contributed by atoms with Crippen molar-refractivity contribution in [3.8, 4) is 0 Å². The van der Waals surface area contributed by atoms with Gasteiger partial charge in [-0.25, -0.2) is 0 Å². The molecule has 92 valence electrons. The largest absolute Gasteiger partial charge is 0.351 e. The first-order valence-corrected chi connectivity index (χ1v) is 7.68. The van der Waals surface area contributed by atoms with Crippen LogP contribution in [0.15, 0.2) is 22.7 Å². The van der Waals surface area contributed by atoms with Crippen molar-refractivity contribution in [2.24, 2.45) is 0 Å². The van der Waals surface area contributed by atoms with Crippen molar-refractivity contribution < 1.29 is 4.79 Å². The van der Waals surface area contributed by atoms with Gasteiger partial charge in [-0.3, -0.25) is 4.79 Å². The Morgan fingerprint density at radius 2 is 2.24 bits per heavy atom. The molecule has 0 spiro atoms. The van der Waals surface area contributed by atoms with Crippen LogP contribution in [0, 0.1) is 6.92 Å². The maximum absolute atomic E-state index is 12.0. The van der Waals surface area contributed by atoms with Gasteiger partial charge < -0.3 is 5.32 Å². The number of halogens is 1. The van der Waals surface area contributed by atoms with Crippen LogP contribution in [0.25, 0.3) is 0 Å². The van der Waals surface area contributed by atoms with Crippen LogP contribution in [0.2, 0.25) is 0 Å². The van der Waals surface area contributed by atoms with Gasteiger partial charge in [-0.15, -0.1) is 0 Å². The van der Waals surface area contributed by atoms with Crippen LogP contribution in [0.5, 0.6) is 0 Å². The average molecular weight is 314 g/mol. The lowest BCUT2D eigenvalue weighted by atomic mass is 10.1. The molecule has 0 aliphatic heterocycles. The van der Waals surface area contributed by atoms with Gasteiger partial charge in [0.2, 0.25) is 0 Å². The van der Waals surface area contributed by atoms with Gasteiger partial charge in [-0.1, -0.05) is 15.9 Å². The SMILES string of the molecule is CSC1(CNC(=O)c2ccc(Br)c(C)c2)CC1. The number of carbonyl (C=O) groups excluding carboxylic acids is 1. The summed E-state index contributed by atoms with van der Waals surface area (Å²) < 4.78 is 1.36. The van der Waals surface area contributed by atoms with Crippen LogP contribution in [0.4, 0.5) is 0 Å². The molecule has 17 heavy (non-hydrogen) atoms. The van der Waals surface area contributed by atoms with E-state index in [9.17, 15) is 4.79 Å². The van der Waals surface area contributed by atoms with Crippen LogP contribution in [0.3, 0.4) is 0 Å². The van der Waals surface area contributed by atoms with Gasteiger partial charge in [0.25, 0.3) is 5.91 Å². The number of benzene rings is 1. The summed E-state index contributed by atoms with van der Waals surface area (Å²) in [6, 6.07) is 5.69. The normalized spacial score (nSPS) is 16.6. The van der Waals surface area contributed by atoms with Crippen molar-refractivity contribution >= 4 is 33.6 Å². The van der Waals surface area contributed by atoms with E-state index in [4.69, 9.17) is 0 Å². The smallest absolute Gasteiger partial charge is 0.251 e. The molecule has 1 saturated carbocycles. The van der Waals surface area contributed by atoms with E-state index in [2.05, 4.69) is 27.5 Å². The van der Waals surface area contributed by atoms with E-state index in [0.717, 1.165) is 22.1 Å². The molecule has 1 amide bonds. The summed E-state index contributed by atoms with van der Waals surface area (Å²) >= 11 is 5.29. The van der Waals surface area contributed by atoms with E-state index in [0.29, 0.717) is 4.75 Å². The van der Waals surface area contributed by atoms with E-state index < -0.39 is 0 Å². The second-order valence-corrected chi connectivity index (χ2v) is 6.66. The Hall–Kier alpha value is -0.480. The third-order valence-corrected chi connectivity index (χ3v) is 5.54. The number of hydrogen-bond acceptors (Lipinski definition) is 2. The summed E-state index contributed by atoms with van der Waals surface area (Å²) in [7, 11) is 0. The minimum absolute atomic E-state index is 0.0286. The van der Waals surface area contributed by atoms with Crippen molar-refractivity contribution in [1.82, 2.24) is 5.32 Å². The first kappa shape index (κ1) is 13.0. The second-order valence-electron chi connectivity index (χ2n) is 4.53. The molecule has 0 atom stereocenters. The first-order chi connectivity index (χ1) is 8.06. The maximum atomic E-state index is 12.0. The number of amides is 1. The number of hydrogen-bond donors (Lipinski definition) is 1. The minimum Gasteiger partial charge on any atom is -0.351 e. The highest BCUT2D eigenvalue weighted by Crippen LogP contribution is 2.46. The highest BCUT2D eigenvalue weighted by molar-refractivity contribution is 9.10. The summed E-state index contributed by atoms with van der Waals surface area (Å²) in [6.07, 6.45) is 4.55. The summed E-state index contributed by atoms with van der Waals surface area (Å²) in [5.41, 5.74) is 1.83. The van der Waals surface area contributed by atoms with Crippen molar-refractivity contribution in [2.75, 3.05) is 12.8 Å². The zero-order valence-electron chi connectivity index (χ0n) is 10.0. The molecule has 0 heterocycles. The highest BCUT2D eigenvalue weighted by atomic mass is 79.9. The van der Waals surface area contributed by atoms with Crippen LogP contribution in [-0.2, 0) is 0 Å². The van der Waals surface area contributed by atoms with Crippen molar-refractivity contribution in [1.29, 1.82) is 0 Å². The molecule has 0 bridgehead atoms. The fraction of sp³-hybridized carbons (Fsp3) is 0.462. The quantitative estimate of drug-likeness (QED) is 0.923. The Kier molecular flexibility index (Phi) is 3.83. The molecule has 2 nitrogen and oxygen atoms in total. The summed E-state index contributed by atoms with van der Waals surface area (Å²) in [5.74, 6) is 0.0286. The number of thioether (sulfide) groups is 1. The van der Waals surface area contributed by atoms with Crippen LogP contribution < -0.4 is 5.32 Å². The van der Waals surface area contributed by atoms with E-state index in [-0.39, 0.29) is 5.91 Å². The fourth-order valence-corrected chi connectivity index (χ4v) is 2.70. The second kappa shape index (κ2) is 5.02. The first-order valence-electron chi connectivity index (χ1n) is 5.66. The number of carbonyl (C=O) groups is 1. The molecule has 1 aromatic rings. The third kappa shape index (κ3) is 3.05. The molecule has 2 rings (SSSR count). The van der Waals surface area contributed by atoms with Gasteiger partial charge in [0, 0.05) is 21.3 Å². The van der Waals surface area contributed by atoms with Gasteiger partial charge >= 0.3 is 0 Å². The molecule has 0 aromatic heterocycles. The van der Waals surface area contributed by atoms with Crippen LogP contribution in [0.1, 0.15) is 28.8 Å².